The fraction of sp³-hybridized carbons (Fsp3) is 0.400. The molecular formula is C25H29NO4. The molecule has 5 heteroatoms. The lowest BCUT2D eigenvalue weighted by molar-refractivity contribution is 0.151. The van der Waals surface area contributed by atoms with Crippen molar-refractivity contribution in [2.75, 3.05) is 6.54 Å². The van der Waals surface area contributed by atoms with E-state index in [-0.39, 0.29) is 16.9 Å². The second-order valence-electron chi connectivity index (χ2n) is 8.50. The van der Waals surface area contributed by atoms with Crippen LogP contribution in [-0.4, -0.2) is 22.6 Å². The van der Waals surface area contributed by atoms with E-state index in [0.717, 1.165) is 30.5 Å². The van der Waals surface area contributed by atoms with Crippen molar-refractivity contribution in [3.05, 3.63) is 63.0 Å². The summed E-state index contributed by atoms with van der Waals surface area (Å²) in [5.74, 6) is 1.37. The van der Waals surface area contributed by atoms with Gasteiger partial charge in [-0.25, -0.2) is 0 Å². The summed E-state index contributed by atoms with van der Waals surface area (Å²) in [4.78, 5) is 15.6. The number of phenolic OH excluding ortho intramolecular Hbond substituents is 1. The van der Waals surface area contributed by atoms with Gasteiger partial charge in [0.1, 0.15) is 22.8 Å². The van der Waals surface area contributed by atoms with Crippen LogP contribution in [0.3, 0.4) is 0 Å². The lowest BCUT2D eigenvalue weighted by Crippen LogP contribution is -2.36. The molecule has 5 nitrogen and oxygen atoms in total. The highest BCUT2D eigenvalue weighted by molar-refractivity contribution is 5.83. The Balaban J connectivity index is 1.77. The third-order valence-electron chi connectivity index (χ3n) is 5.98. The van der Waals surface area contributed by atoms with E-state index in [2.05, 4.69) is 17.9 Å². The number of rotatable bonds is 4. The Morgan fingerprint density at radius 3 is 2.57 bits per heavy atom. The normalized spacial score (nSPS) is 17.4. The monoisotopic (exact) mass is 407 g/mol. The van der Waals surface area contributed by atoms with Crippen LogP contribution < -0.4 is 10.2 Å². The van der Waals surface area contributed by atoms with E-state index in [1.807, 2.05) is 26.0 Å². The zero-order chi connectivity index (χ0) is 21.4. The summed E-state index contributed by atoms with van der Waals surface area (Å²) in [7, 11) is 0. The Labute approximate surface area is 176 Å². The molecule has 1 atom stereocenters. The van der Waals surface area contributed by atoms with E-state index in [9.17, 15) is 9.90 Å². The van der Waals surface area contributed by atoms with Crippen molar-refractivity contribution in [3.63, 3.8) is 0 Å². The van der Waals surface area contributed by atoms with Gasteiger partial charge in [0.15, 0.2) is 0 Å². The molecule has 1 N–H and O–H groups in total. The van der Waals surface area contributed by atoms with Gasteiger partial charge >= 0.3 is 0 Å². The van der Waals surface area contributed by atoms with Crippen LogP contribution >= 0.6 is 0 Å². The standard InChI is InChI=1S/C25H29NO4/c1-15-11-16(2)13-19(12-15)30-24-18(4)29-25-20(23(24)28)8-9-22(27)21(25)14-26-10-6-5-7-17(26)3/h8-9,11-13,17,27H,5-7,10,14H2,1-4H3/t17-/m1/s1. The van der Waals surface area contributed by atoms with Crippen LogP contribution in [0.15, 0.2) is 39.5 Å². The highest BCUT2D eigenvalue weighted by Crippen LogP contribution is 2.33. The second kappa shape index (κ2) is 8.15. The highest BCUT2D eigenvalue weighted by atomic mass is 16.5. The molecule has 158 valence electrons. The van der Waals surface area contributed by atoms with Crippen LogP contribution in [0.1, 0.15) is 48.6 Å². The molecule has 1 aliphatic rings. The molecule has 0 unspecified atom stereocenters. The number of likely N-dealkylation sites (tertiary alicyclic amines) is 1. The molecule has 0 bridgehead atoms. The summed E-state index contributed by atoms with van der Waals surface area (Å²) in [6.45, 7) is 9.46. The average Bonchev–Trinajstić information content (AvgIpc) is 2.68. The van der Waals surface area contributed by atoms with Gasteiger partial charge in [0.2, 0.25) is 11.2 Å². The minimum absolute atomic E-state index is 0.158. The summed E-state index contributed by atoms with van der Waals surface area (Å²) < 4.78 is 12.1. The zero-order valence-corrected chi connectivity index (χ0v) is 18.1. The zero-order valence-electron chi connectivity index (χ0n) is 18.1. The van der Waals surface area contributed by atoms with Crippen molar-refractivity contribution in [1.82, 2.24) is 4.90 Å². The fourth-order valence-electron chi connectivity index (χ4n) is 4.37. The Hall–Kier alpha value is -2.79. The Morgan fingerprint density at radius 1 is 1.13 bits per heavy atom. The van der Waals surface area contributed by atoms with E-state index < -0.39 is 0 Å². The molecule has 0 saturated carbocycles. The maximum atomic E-state index is 13.3. The summed E-state index contributed by atoms with van der Waals surface area (Å²) >= 11 is 0. The maximum absolute atomic E-state index is 13.3. The van der Waals surface area contributed by atoms with E-state index in [0.29, 0.717) is 40.6 Å². The van der Waals surface area contributed by atoms with Gasteiger partial charge in [-0.3, -0.25) is 9.69 Å². The van der Waals surface area contributed by atoms with Gasteiger partial charge in [0, 0.05) is 12.6 Å². The van der Waals surface area contributed by atoms with Gasteiger partial charge in [0.25, 0.3) is 0 Å². The molecule has 2 aromatic carbocycles. The number of phenols is 1. The lowest BCUT2D eigenvalue weighted by atomic mass is 10.0. The van der Waals surface area contributed by atoms with Gasteiger partial charge < -0.3 is 14.3 Å². The predicted molar refractivity (Wildman–Crippen MR) is 119 cm³/mol. The maximum Gasteiger partial charge on any atom is 0.235 e. The molecule has 1 aromatic heterocycles. The van der Waals surface area contributed by atoms with Crippen molar-refractivity contribution in [1.29, 1.82) is 0 Å². The van der Waals surface area contributed by atoms with Gasteiger partial charge in [-0.15, -0.1) is 0 Å². The first-order chi connectivity index (χ1) is 14.3. The summed E-state index contributed by atoms with van der Waals surface area (Å²) in [6.07, 6.45) is 3.52. The molecule has 1 fully saturated rings. The van der Waals surface area contributed by atoms with Gasteiger partial charge in [-0.05, 0) is 82.5 Å². The topological polar surface area (TPSA) is 62.9 Å². The van der Waals surface area contributed by atoms with Crippen LogP contribution in [0.2, 0.25) is 0 Å². The predicted octanol–water partition coefficient (Wildman–Crippen LogP) is 5.59. The summed E-state index contributed by atoms with van der Waals surface area (Å²) in [6, 6.07) is 9.49. The number of piperidine rings is 1. The van der Waals surface area contributed by atoms with Crippen LogP contribution in [0.4, 0.5) is 0 Å². The van der Waals surface area contributed by atoms with Crippen molar-refractivity contribution in [3.8, 4) is 17.2 Å². The smallest absolute Gasteiger partial charge is 0.235 e. The number of ether oxygens (including phenoxy) is 1. The second-order valence-corrected chi connectivity index (χ2v) is 8.50. The molecule has 0 amide bonds. The Bertz CT molecular complexity index is 1130. The van der Waals surface area contributed by atoms with E-state index >= 15 is 0 Å². The minimum atomic E-state index is -0.221. The third kappa shape index (κ3) is 3.94. The fourth-order valence-corrected chi connectivity index (χ4v) is 4.37. The average molecular weight is 408 g/mol. The van der Waals surface area contributed by atoms with Gasteiger partial charge in [0.05, 0.1) is 10.9 Å². The van der Waals surface area contributed by atoms with Crippen molar-refractivity contribution in [2.45, 2.75) is 59.5 Å². The first-order valence-electron chi connectivity index (χ1n) is 10.6. The number of benzene rings is 2. The third-order valence-corrected chi connectivity index (χ3v) is 5.98. The largest absolute Gasteiger partial charge is 0.507 e. The summed E-state index contributed by atoms with van der Waals surface area (Å²) in [5, 5.41) is 11.0. The van der Waals surface area contributed by atoms with Gasteiger partial charge in [-0.1, -0.05) is 12.5 Å². The Morgan fingerprint density at radius 2 is 1.87 bits per heavy atom. The van der Waals surface area contributed by atoms with Crippen molar-refractivity contribution >= 4 is 11.0 Å². The lowest BCUT2D eigenvalue weighted by Gasteiger charge is -2.33. The van der Waals surface area contributed by atoms with Crippen LogP contribution in [0.5, 0.6) is 17.2 Å². The molecular weight excluding hydrogens is 378 g/mol. The number of aryl methyl sites for hydroxylation is 3. The molecule has 30 heavy (non-hydrogen) atoms. The summed E-state index contributed by atoms with van der Waals surface area (Å²) in [5.41, 5.74) is 3.02. The van der Waals surface area contributed by atoms with Crippen molar-refractivity contribution < 1.29 is 14.3 Å². The SMILES string of the molecule is Cc1cc(C)cc(Oc2c(C)oc3c(CN4CCCC[C@H]4C)c(O)ccc3c2=O)c1. The number of nitrogens with zero attached hydrogens (tertiary/aromatic N) is 1. The minimum Gasteiger partial charge on any atom is -0.507 e. The molecule has 1 saturated heterocycles. The van der Waals surface area contributed by atoms with E-state index in [1.165, 1.54) is 6.42 Å². The quantitative estimate of drug-likeness (QED) is 0.611. The molecule has 0 aliphatic carbocycles. The van der Waals surface area contributed by atoms with Crippen LogP contribution in [0, 0.1) is 20.8 Å². The highest BCUT2D eigenvalue weighted by Gasteiger charge is 2.23. The number of hydrogen-bond donors (Lipinski definition) is 1. The van der Waals surface area contributed by atoms with Gasteiger partial charge in [-0.2, -0.15) is 0 Å². The molecule has 0 spiro atoms. The van der Waals surface area contributed by atoms with Crippen LogP contribution in [0.25, 0.3) is 11.0 Å². The van der Waals surface area contributed by atoms with E-state index in [4.69, 9.17) is 9.15 Å². The van der Waals surface area contributed by atoms with Crippen molar-refractivity contribution in [2.24, 2.45) is 0 Å². The molecule has 0 radical (unpaired) electrons. The molecule has 1 aliphatic heterocycles. The molecule has 3 aromatic rings. The first-order valence-corrected chi connectivity index (χ1v) is 10.6. The number of fused-ring (bicyclic) bond motifs is 1. The number of aromatic hydroxyl groups is 1. The van der Waals surface area contributed by atoms with Crippen LogP contribution in [-0.2, 0) is 6.54 Å². The van der Waals surface area contributed by atoms with E-state index in [1.54, 1.807) is 19.1 Å². The first kappa shape index (κ1) is 20.5. The number of hydrogen-bond acceptors (Lipinski definition) is 5. The molecule has 2 heterocycles. The Kier molecular flexibility index (Phi) is 5.56. The molecule has 4 rings (SSSR count).